The van der Waals surface area contributed by atoms with Crippen LogP contribution in [0.3, 0.4) is 0 Å². The first-order chi connectivity index (χ1) is 14.9. The van der Waals surface area contributed by atoms with E-state index < -0.39 is 17.1 Å². The molecule has 1 N–H and O–H groups in total. The standard InChI is InChI=1S/C23H17FN4O3/c1-23(31)18-8-4-5-9-20(18)27(22(23)30)15-10-14(12-25-13-15)11-19-16-6-2-3-7-17(16)21(29)28(24)26-19/h2-10,12-13,31H,11H2,1H3. The molecule has 1 atom stereocenters. The van der Waals surface area contributed by atoms with Crippen LogP contribution >= 0.6 is 0 Å². The normalized spacial score (nSPS) is 17.9. The number of anilines is 2. The van der Waals surface area contributed by atoms with E-state index in [0.29, 0.717) is 33.6 Å². The number of carbonyl (C=O) groups is 1. The van der Waals surface area contributed by atoms with Crippen LogP contribution in [-0.2, 0) is 16.8 Å². The first kappa shape index (κ1) is 19.1. The van der Waals surface area contributed by atoms with Gasteiger partial charge in [-0.3, -0.25) is 19.5 Å². The van der Waals surface area contributed by atoms with E-state index in [1.165, 1.54) is 18.0 Å². The lowest BCUT2D eigenvalue weighted by Gasteiger charge is -2.20. The van der Waals surface area contributed by atoms with Crippen molar-refractivity contribution in [2.45, 2.75) is 18.9 Å². The third-order valence-electron chi connectivity index (χ3n) is 5.54. The first-order valence-electron chi connectivity index (χ1n) is 9.65. The number of pyridine rings is 1. The SMILES string of the molecule is CC1(O)C(=O)N(c2cncc(Cc3nn(F)c(=O)c4ccccc34)c2)c2ccccc21. The molecule has 4 aromatic rings. The van der Waals surface area contributed by atoms with E-state index in [4.69, 9.17) is 0 Å². The number of aromatic nitrogens is 3. The summed E-state index contributed by atoms with van der Waals surface area (Å²) in [4.78, 5) is 30.5. The average molecular weight is 416 g/mol. The molecule has 7 nitrogen and oxygen atoms in total. The second-order valence-corrected chi connectivity index (χ2v) is 7.62. The molecule has 0 fully saturated rings. The highest BCUT2D eigenvalue weighted by Gasteiger charge is 2.46. The Balaban J connectivity index is 1.58. The van der Waals surface area contributed by atoms with Gasteiger partial charge >= 0.3 is 5.56 Å². The summed E-state index contributed by atoms with van der Waals surface area (Å²) in [5.41, 5.74) is 0.161. The maximum absolute atomic E-state index is 14.0. The second-order valence-electron chi connectivity index (χ2n) is 7.62. The molecule has 154 valence electrons. The second kappa shape index (κ2) is 6.82. The van der Waals surface area contributed by atoms with Gasteiger partial charge in [0.1, 0.15) is 0 Å². The average Bonchev–Trinajstić information content (AvgIpc) is 2.98. The van der Waals surface area contributed by atoms with Crippen LogP contribution in [-0.4, -0.2) is 26.0 Å². The zero-order valence-electron chi connectivity index (χ0n) is 16.5. The van der Waals surface area contributed by atoms with Gasteiger partial charge in [0.2, 0.25) is 0 Å². The van der Waals surface area contributed by atoms with Gasteiger partial charge in [0.15, 0.2) is 5.60 Å². The minimum atomic E-state index is -1.64. The third-order valence-corrected chi connectivity index (χ3v) is 5.54. The zero-order valence-corrected chi connectivity index (χ0v) is 16.5. The number of carbonyl (C=O) groups excluding carboxylic acids is 1. The van der Waals surface area contributed by atoms with Gasteiger partial charge in [-0.15, -0.1) is 5.10 Å². The largest absolute Gasteiger partial charge is 0.375 e. The van der Waals surface area contributed by atoms with Crippen molar-refractivity contribution in [2.24, 2.45) is 0 Å². The van der Waals surface area contributed by atoms with E-state index in [-0.39, 0.29) is 16.7 Å². The summed E-state index contributed by atoms with van der Waals surface area (Å²) < 4.78 is 14.0. The van der Waals surface area contributed by atoms with Crippen molar-refractivity contribution in [2.75, 3.05) is 4.90 Å². The molecule has 0 spiro atoms. The van der Waals surface area contributed by atoms with Gasteiger partial charge in [0, 0.05) is 23.6 Å². The van der Waals surface area contributed by atoms with Crippen molar-refractivity contribution in [3.05, 3.63) is 94.2 Å². The number of nitrogens with zero attached hydrogens (tertiary/aromatic N) is 4. The van der Waals surface area contributed by atoms with Gasteiger partial charge in [0.05, 0.1) is 28.7 Å². The molecule has 2 aromatic heterocycles. The molecule has 1 aliphatic rings. The fourth-order valence-corrected chi connectivity index (χ4v) is 4.02. The quantitative estimate of drug-likeness (QED) is 0.555. The molecule has 1 amide bonds. The predicted molar refractivity (Wildman–Crippen MR) is 113 cm³/mol. The fourth-order valence-electron chi connectivity index (χ4n) is 4.02. The van der Waals surface area contributed by atoms with Crippen molar-refractivity contribution in [3.8, 4) is 0 Å². The summed E-state index contributed by atoms with van der Waals surface area (Å²) in [5, 5.41) is 15.3. The summed E-state index contributed by atoms with van der Waals surface area (Å²) in [6, 6.07) is 15.5. The molecule has 1 aliphatic heterocycles. The maximum atomic E-state index is 14.0. The summed E-state index contributed by atoms with van der Waals surface area (Å²) in [7, 11) is 0. The number of benzene rings is 2. The van der Waals surface area contributed by atoms with E-state index in [1.807, 2.05) is 0 Å². The van der Waals surface area contributed by atoms with Crippen LogP contribution in [0, 0.1) is 0 Å². The Labute approximate surface area is 175 Å². The van der Waals surface area contributed by atoms with Crippen molar-refractivity contribution in [1.82, 2.24) is 15.0 Å². The number of hydrogen-bond donors (Lipinski definition) is 1. The number of aliphatic hydroxyl groups is 1. The lowest BCUT2D eigenvalue weighted by Crippen LogP contribution is -2.35. The highest BCUT2D eigenvalue weighted by Crippen LogP contribution is 2.43. The smallest absolute Gasteiger partial charge is 0.305 e. The number of para-hydroxylation sites is 1. The van der Waals surface area contributed by atoms with E-state index in [9.17, 15) is 19.2 Å². The van der Waals surface area contributed by atoms with E-state index >= 15 is 0 Å². The fraction of sp³-hybridized carbons (Fsp3) is 0.130. The van der Waals surface area contributed by atoms with E-state index in [2.05, 4.69) is 10.1 Å². The Morgan fingerprint density at radius 3 is 2.55 bits per heavy atom. The van der Waals surface area contributed by atoms with Crippen LogP contribution < -0.4 is 10.5 Å². The van der Waals surface area contributed by atoms with Gasteiger partial charge < -0.3 is 5.11 Å². The van der Waals surface area contributed by atoms with Gasteiger partial charge in [-0.1, -0.05) is 45.8 Å². The van der Waals surface area contributed by atoms with Crippen LogP contribution in [0.25, 0.3) is 10.8 Å². The lowest BCUT2D eigenvalue weighted by molar-refractivity contribution is -0.133. The van der Waals surface area contributed by atoms with Gasteiger partial charge in [0.25, 0.3) is 5.91 Å². The molecular weight excluding hydrogens is 399 g/mol. The topological polar surface area (TPSA) is 88.3 Å². The molecule has 1 unspecified atom stereocenters. The van der Waals surface area contributed by atoms with Crippen molar-refractivity contribution in [1.29, 1.82) is 0 Å². The number of halogens is 1. The molecule has 0 saturated heterocycles. The van der Waals surface area contributed by atoms with Crippen LogP contribution in [0.1, 0.15) is 23.7 Å². The van der Waals surface area contributed by atoms with Crippen LogP contribution in [0.15, 0.2) is 71.8 Å². The highest BCUT2D eigenvalue weighted by atomic mass is 19.2. The van der Waals surface area contributed by atoms with Gasteiger partial charge in [-0.25, -0.2) is 0 Å². The lowest BCUT2D eigenvalue weighted by atomic mass is 9.98. The van der Waals surface area contributed by atoms with E-state index in [1.54, 1.807) is 60.8 Å². The van der Waals surface area contributed by atoms with E-state index in [0.717, 1.165) is 0 Å². The third kappa shape index (κ3) is 2.91. The maximum Gasteiger partial charge on any atom is 0.305 e. The van der Waals surface area contributed by atoms with Crippen molar-refractivity contribution < 1.29 is 14.4 Å². The van der Waals surface area contributed by atoms with Gasteiger partial charge in [-0.2, -0.15) is 0 Å². The molecule has 5 rings (SSSR count). The first-order valence-corrected chi connectivity index (χ1v) is 9.65. The summed E-state index contributed by atoms with van der Waals surface area (Å²) >= 11 is 0. The minimum absolute atomic E-state index is 0.160. The summed E-state index contributed by atoms with van der Waals surface area (Å²) in [6.07, 6.45) is 3.32. The number of hydrogen-bond acceptors (Lipinski definition) is 5. The van der Waals surface area contributed by atoms with Crippen LogP contribution in [0.5, 0.6) is 0 Å². The Morgan fingerprint density at radius 2 is 1.74 bits per heavy atom. The van der Waals surface area contributed by atoms with Gasteiger partial charge in [-0.05, 0) is 30.7 Å². The molecule has 0 aliphatic carbocycles. The Hall–Kier alpha value is -3.91. The molecule has 0 bridgehead atoms. The molecule has 3 heterocycles. The molecule has 31 heavy (non-hydrogen) atoms. The van der Waals surface area contributed by atoms with Crippen molar-refractivity contribution in [3.63, 3.8) is 0 Å². The molecule has 0 saturated carbocycles. The minimum Gasteiger partial charge on any atom is -0.375 e. The summed E-state index contributed by atoms with van der Waals surface area (Å²) in [6.45, 7) is 1.46. The molecule has 0 radical (unpaired) electrons. The van der Waals surface area contributed by atoms with Crippen molar-refractivity contribution >= 4 is 28.1 Å². The Morgan fingerprint density at radius 1 is 1.03 bits per heavy atom. The number of amides is 1. The Kier molecular flexibility index (Phi) is 4.19. The Bertz CT molecular complexity index is 1410. The summed E-state index contributed by atoms with van der Waals surface area (Å²) in [5.74, 6) is -0.478. The monoisotopic (exact) mass is 416 g/mol. The number of rotatable bonds is 3. The highest BCUT2D eigenvalue weighted by molar-refractivity contribution is 6.11. The van der Waals surface area contributed by atoms with Crippen LogP contribution in [0.4, 0.5) is 15.9 Å². The molecule has 2 aromatic carbocycles. The van der Waals surface area contributed by atoms with Crippen LogP contribution in [0.2, 0.25) is 0 Å². The zero-order chi connectivity index (χ0) is 21.8. The molecule has 8 heteroatoms. The molecular formula is C23H17FN4O3. The number of fused-ring (bicyclic) bond motifs is 2. The predicted octanol–water partition coefficient (Wildman–Crippen LogP) is 3.00.